The van der Waals surface area contributed by atoms with Gasteiger partial charge >= 0.3 is 11.9 Å². The second kappa shape index (κ2) is 37.4. The van der Waals surface area contributed by atoms with Crippen LogP contribution in [-0.2, 0) is 28.6 Å². The number of carboxylic acids is 1. The summed E-state index contributed by atoms with van der Waals surface area (Å²) in [6.07, 6.45) is 47.4. The van der Waals surface area contributed by atoms with Crippen LogP contribution in [0.5, 0.6) is 0 Å². The number of nitrogens with zero attached hydrogens (tertiary/aromatic N) is 1. The van der Waals surface area contributed by atoms with Crippen molar-refractivity contribution in [2.45, 2.75) is 154 Å². The monoisotopic (exact) mass is 768 g/mol. The van der Waals surface area contributed by atoms with E-state index < -0.39 is 18.1 Å². The number of aliphatic carboxylic acids is 1. The van der Waals surface area contributed by atoms with Gasteiger partial charge in [-0.3, -0.25) is 9.59 Å². The Kier molecular flexibility index (Phi) is 35.1. The number of rotatable bonds is 36. The van der Waals surface area contributed by atoms with Gasteiger partial charge in [0.1, 0.15) is 12.6 Å². The highest BCUT2D eigenvalue weighted by atomic mass is 16.6. The van der Waals surface area contributed by atoms with Gasteiger partial charge in [-0.25, -0.2) is 0 Å². The lowest BCUT2D eigenvalue weighted by Gasteiger charge is -2.34. The summed E-state index contributed by atoms with van der Waals surface area (Å²) in [4.78, 5) is 36.8. The summed E-state index contributed by atoms with van der Waals surface area (Å²) < 4.78 is 17.1. The molecule has 0 fully saturated rings. The largest absolute Gasteiger partial charge is 0.544 e. The fourth-order valence-electron chi connectivity index (χ4n) is 5.61. The van der Waals surface area contributed by atoms with Crippen LogP contribution >= 0.6 is 0 Å². The Balaban J connectivity index is 4.46. The first kappa shape index (κ1) is 51.5. The van der Waals surface area contributed by atoms with Crippen molar-refractivity contribution in [2.75, 3.05) is 41.0 Å². The minimum Gasteiger partial charge on any atom is -0.544 e. The van der Waals surface area contributed by atoms with Crippen LogP contribution in [0.2, 0.25) is 0 Å². The van der Waals surface area contributed by atoms with Crippen LogP contribution in [0.3, 0.4) is 0 Å². The lowest BCUT2D eigenvalue weighted by atomic mass is 10.1. The van der Waals surface area contributed by atoms with Gasteiger partial charge < -0.3 is 28.6 Å². The molecule has 2 unspecified atom stereocenters. The van der Waals surface area contributed by atoms with Crippen molar-refractivity contribution < 1.29 is 38.2 Å². The Morgan fingerprint density at radius 1 is 0.564 bits per heavy atom. The summed E-state index contributed by atoms with van der Waals surface area (Å²) >= 11 is 0. The molecule has 8 heteroatoms. The number of unbranched alkanes of at least 4 members (excludes halogenated alkanes) is 13. The molecule has 0 aromatic heterocycles. The molecule has 0 aliphatic heterocycles. The Hall–Kier alpha value is -3.49. The zero-order valence-corrected chi connectivity index (χ0v) is 35.3. The van der Waals surface area contributed by atoms with E-state index in [2.05, 4.69) is 80.7 Å². The predicted octanol–water partition coefficient (Wildman–Crippen LogP) is 10.0. The zero-order chi connectivity index (χ0) is 40.7. The molecule has 2 atom stereocenters. The fraction of sp³-hybridized carbons (Fsp3) is 0.638. The molecule has 0 amide bonds. The molecule has 0 spiro atoms. The van der Waals surface area contributed by atoms with Crippen LogP contribution in [0.1, 0.15) is 142 Å². The van der Waals surface area contributed by atoms with Crippen molar-refractivity contribution in [3.8, 4) is 0 Å². The van der Waals surface area contributed by atoms with Crippen molar-refractivity contribution in [1.29, 1.82) is 0 Å². The first-order valence-electron chi connectivity index (χ1n) is 21.2. The van der Waals surface area contributed by atoms with Crippen molar-refractivity contribution in [2.24, 2.45) is 0 Å². The molecular weight excluding hydrogens is 691 g/mol. The average Bonchev–Trinajstić information content (AvgIpc) is 3.14. The summed E-state index contributed by atoms with van der Waals surface area (Å²) in [6.45, 7) is 4.42. The van der Waals surface area contributed by atoms with Crippen LogP contribution in [-0.4, -0.2) is 75.5 Å². The quantitative estimate of drug-likeness (QED) is 0.0271. The molecule has 312 valence electrons. The van der Waals surface area contributed by atoms with Crippen LogP contribution in [0.4, 0.5) is 0 Å². The van der Waals surface area contributed by atoms with E-state index in [1.54, 1.807) is 21.1 Å². The molecule has 0 aliphatic carbocycles. The molecule has 0 aliphatic rings. The number of carbonyl (C=O) groups is 3. The maximum absolute atomic E-state index is 12.7. The van der Waals surface area contributed by atoms with Gasteiger partial charge in [0.15, 0.2) is 6.10 Å². The SMILES string of the molecule is CC/C=C/C=C/C=C/CCCCCCCC(=O)OC(COCCC(C(=O)[O-])[N+](C)(C)C)COC(=O)CCCCCCC/C=C/C=C/C=C/C=C/CCCCC. The van der Waals surface area contributed by atoms with Gasteiger partial charge in [0, 0.05) is 19.3 Å². The highest BCUT2D eigenvalue weighted by Gasteiger charge is 2.25. The van der Waals surface area contributed by atoms with Gasteiger partial charge in [-0.15, -0.1) is 0 Å². The highest BCUT2D eigenvalue weighted by Crippen LogP contribution is 2.12. The third-order valence-corrected chi connectivity index (χ3v) is 8.92. The summed E-state index contributed by atoms with van der Waals surface area (Å²) in [5, 5.41) is 11.6. The maximum Gasteiger partial charge on any atom is 0.306 e. The summed E-state index contributed by atoms with van der Waals surface area (Å²) in [7, 11) is 5.37. The van der Waals surface area contributed by atoms with Crippen molar-refractivity contribution >= 4 is 17.9 Å². The van der Waals surface area contributed by atoms with Crippen molar-refractivity contribution in [3.63, 3.8) is 0 Å². The van der Waals surface area contributed by atoms with Crippen LogP contribution in [0.25, 0.3) is 0 Å². The lowest BCUT2D eigenvalue weighted by molar-refractivity contribution is -0.889. The van der Waals surface area contributed by atoms with Crippen molar-refractivity contribution in [1.82, 2.24) is 0 Å². The number of quaternary nitrogens is 1. The second-order valence-electron chi connectivity index (χ2n) is 15.0. The van der Waals surface area contributed by atoms with Gasteiger partial charge in [-0.2, -0.15) is 0 Å². The van der Waals surface area contributed by atoms with E-state index in [9.17, 15) is 19.5 Å². The van der Waals surface area contributed by atoms with Gasteiger partial charge in [0.2, 0.25) is 0 Å². The first-order valence-corrected chi connectivity index (χ1v) is 21.2. The Morgan fingerprint density at radius 3 is 1.51 bits per heavy atom. The van der Waals surface area contributed by atoms with Crippen molar-refractivity contribution in [3.05, 3.63) is 85.1 Å². The topological polar surface area (TPSA) is 102 Å². The van der Waals surface area contributed by atoms with E-state index >= 15 is 0 Å². The number of ether oxygens (including phenoxy) is 3. The number of carboxylic acid groups (broad SMARTS) is 1. The van der Waals surface area contributed by atoms with Gasteiger partial charge in [-0.05, 0) is 57.8 Å². The summed E-state index contributed by atoms with van der Waals surface area (Å²) in [6, 6.07) is -0.738. The van der Waals surface area contributed by atoms with E-state index in [1.807, 2.05) is 18.2 Å². The normalized spacial score (nSPS) is 13.8. The molecule has 0 bridgehead atoms. The number of allylic oxidation sites excluding steroid dienone is 14. The smallest absolute Gasteiger partial charge is 0.306 e. The predicted molar refractivity (Wildman–Crippen MR) is 226 cm³/mol. The van der Waals surface area contributed by atoms with Gasteiger partial charge in [0.25, 0.3) is 0 Å². The fourth-order valence-corrected chi connectivity index (χ4v) is 5.61. The van der Waals surface area contributed by atoms with E-state index in [-0.39, 0.29) is 49.1 Å². The minimum atomic E-state index is -1.14. The Labute approximate surface area is 335 Å². The van der Waals surface area contributed by atoms with E-state index in [4.69, 9.17) is 14.2 Å². The standard InChI is InChI=1S/C47H77NO7/c1-6-8-10-12-14-16-18-20-21-22-23-24-26-27-29-31-33-35-37-45(49)54-42-43(41-53-40-39-44(47(51)52)48(3,4)5)55-46(50)38-36-34-32-30-28-25-19-17-15-13-11-9-7-2/h9,11,13-24,43-44H,6-8,10,12,25-42H2,1-5H3/b11-9+,15-13+,16-14+,19-17+,20-18+,22-21+,24-23+. The molecular formula is C47H77NO7. The van der Waals surface area contributed by atoms with E-state index in [1.165, 1.54) is 19.3 Å². The maximum atomic E-state index is 12.7. The first-order chi connectivity index (χ1) is 26.6. The molecule has 0 radical (unpaired) electrons. The van der Waals surface area contributed by atoms with Gasteiger partial charge in [-0.1, -0.05) is 150 Å². The highest BCUT2D eigenvalue weighted by molar-refractivity contribution is 5.70. The average molecular weight is 768 g/mol. The van der Waals surface area contributed by atoms with Crippen LogP contribution < -0.4 is 5.11 Å². The number of hydrogen-bond donors (Lipinski definition) is 0. The summed E-state index contributed by atoms with van der Waals surface area (Å²) in [5.41, 5.74) is 0. The number of esters is 2. The molecule has 0 aromatic carbocycles. The second-order valence-corrected chi connectivity index (χ2v) is 15.0. The third kappa shape index (κ3) is 35.9. The number of likely N-dealkylation sites (N-methyl/N-ethyl adjacent to an activating group) is 1. The Bertz CT molecular complexity index is 1170. The minimum absolute atomic E-state index is 0.0189. The number of hydrogen-bond acceptors (Lipinski definition) is 7. The lowest BCUT2D eigenvalue weighted by Crippen LogP contribution is -2.55. The molecule has 8 nitrogen and oxygen atoms in total. The number of carbonyl (C=O) groups excluding carboxylic acids is 3. The van der Waals surface area contributed by atoms with Gasteiger partial charge in [0.05, 0.1) is 40.3 Å². The molecule has 0 aromatic rings. The molecule has 0 N–H and O–H groups in total. The van der Waals surface area contributed by atoms with Crippen LogP contribution in [0, 0.1) is 0 Å². The summed E-state index contributed by atoms with van der Waals surface area (Å²) in [5.74, 6) is -1.81. The Morgan fingerprint density at radius 2 is 1.02 bits per heavy atom. The zero-order valence-electron chi connectivity index (χ0n) is 35.3. The van der Waals surface area contributed by atoms with E-state index in [0.29, 0.717) is 6.42 Å². The molecule has 0 saturated carbocycles. The molecule has 0 heterocycles. The van der Waals surface area contributed by atoms with Crippen LogP contribution in [0.15, 0.2) is 85.1 Å². The molecule has 0 rings (SSSR count). The van der Waals surface area contributed by atoms with E-state index in [0.717, 1.165) is 89.9 Å². The molecule has 0 saturated heterocycles. The molecule has 55 heavy (non-hydrogen) atoms. The third-order valence-electron chi connectivity index (χ3n) is 8.92.